The Hall–Kier alpha value is -1.56. The van der Waals surface area contributed by atoms with Crippen molar-refractivity contribution in [2.75, 3.05) is 6.61 Å². The summed E-state index contributed by atoms with van der Waals surface area (Å²) in [4.78, 5) is 8.50. The van der Waals surface area contributed by atoms with Gasteiger partial charge in [-0.15, -0.1) is 0 Å². The first kappa shape index (κ1) is 29.9. The first-order valence-corrected chi connectivity index (χ1v) is 16.0. The van der Waals surface area contributed by atoms with Crippen molar-refractivity contribution in [3.8, 4) is 0 Å². The maximum Gasteiger partial charge on any atom is 0.214 e. The lowest BCUT2D eigenvalue weighted by Crippen LogP contribution is -2.59. The van der Waals surface area contributed by atoms with Crippen LogP contribution in [-0.4, -0.2) is 31.9 Å². The van der Waals surface area contributed by atoms with Crippen LogP contribution < -0.4 is 0 Å². The molecule has 0 aliphatic heterocycles. The fraction of sp³-hybridized carbons (Fsp3) is 0.771. The van der Waals surface area contributed by atoms with Gasteiger partial charge in [-0.25, -0.2) is 9.97 Å². The Morgan fingerprint density at radius 1 is 0.950 bits per heavy atom. The Bertz CT molecular complexity index is 1130. The quantitative estimate of drug-likeness (QED) is 0.267. The molecule has 222 valence electrons. The predicted octanol–water partition coefficient (Wildman–Crippen LogP) is 7.49. The Labute approximate surface area is 242 Å². The highest BCUT2D eigenvalue weighted by Crippen LogP contribution is 2.72. The average molecular weight is 551 g/mol. The minimum Gasteiger partial charge on any atom is -0.396 e. The van der Waals surface area contributed by atoms with Gasteiger partial charge in [0.25, 0.3) is 0 Å². The second-order valence-corrected chi connectivity index (χ2v) is 15.3. The molecule has 40 heavy (non-hydrogen) atoms. The van der Waals surface area contributed by atoms with Gasteiger partial charge < -0.3 is 15.3 Å². The number of aromatic nitrogens is 2. The molecule has 3 fully saturated rings. The SMILES string of the molecule is C=C(C)C1CCC2(CO)CCC3(C)C(CCC4CCC=C(c5cnc(C(O)O)nc5)C(C)(C)C(C)CCC43C)C12. The van der Waals surface area contributed by atoms with Crippen LogP contribution in [0.5, 0.6) is 0 Å². The summed E-state index contributed by atoms with van der Waals surface area (Å²) in [5.41, 5.74) is 4.20. The van der Waals surface area contributed by atoms with Crippen LogP contribution in [0.2, 0.25) is 0 Å². The van der Waals surface area contributed by atoms with Crippen LogP contribution in [0.25, 0.3) is 5.57 Å². The lowest BCUT2D eigenvalue weighted by Gasteiger charge is -2.66. The molecular formula is C35H54N2O3. The summed E-state index contributed by atoms with van der Waals surface area (Å²) < 4.78 is 0. The van der Waals surface area contributed by atoms with Crippen LogP contribution in [-0.2, 0) is 0 Å². The molecule has 4 aliphatic carbocycles. The molecule has 1 aromatic heterocycles. The molecule has 4 aliphatic rings. The van der Waals surface area contributed by atoms with E-state index in [-0.39, 0.29) is 27.5 Å². The number of aliphatic hydroxyl groups excluding tert-OH is 2. The average Bonchev–Trinajstić information content (AvgIpc) is 3.31. The summed E-state index contributed by atoms with van der Waals surface area (Å²) in [5, 5.41) is 29.7. The topological polar surface area (TPSA) is 86.5 Å². The fourth-order valence-electron chi connectivity index (χ4n) is 10.4. The van der Waals surface area contributed by atoms with Crippen molar-refractivity contribution in [1.82, 2.24) is 9.97 Å². The maximum absolute atomic E-state index is 10.8. The Morgan fingerprint density at radius 3 is 2.27 bits per heavy atom. The number of hydrogen-bond donors (Lipinski definition) is 3. The summed E-state index contributed by atoms with van der Waals surface area (Å²) >= 11 is 0. The van der Waals surface area contributed by atoms with E-state index in [1.54, 1.807) is 12.4 Å². The van der Waals surface area contributed by atoms with Crippen molar-refractivity contribution in [1.29, 1.82) is 0 Å². The van der Waals surface area contributed by atoms with E-state index in [4.69, 9.17) is 0 Å². The van der Waals surface area contributed by atoms with E-state index in [2.05, 4.69) is 64.2 Å². The Kier molecular flexibility index (Phi) is 7.94. The highest BCUT2D eigenvalue weighted by atomic mass is 16.5. The molecule has 0 amide bonds. The smallest absolute Gasteiger partial charge is 0.214 e. The first-order valence-electron chi connectivity index (χ1n) is 16.0. The minimum atomic E-state index is -1.65. The normalized spacial score (nSPS) is 41.5. The lowest BCUT2D eigenvalue weighted by atomic mass is 9.38. The number of rotatable bonds is 4. The van der Waals surface area contributed by atoms with Crippen LogP contribution in [0.3, 0.4) is 0 Å². The van der Waals surface area contributed by atoms with E-state index in [1.165, 1.54) is 62.5 Å². The van der Waals surface area contributed by atoms with Gasteiger partial charge in [0.15, 0.2) is 5.82 Å². The highest BCUT2D eigenvalue weighted by Gasteiger charge is 2.65. The van der Waals surface area contributed by atoms with Crippen LogP contribution in [0.1, 0.15) is 123 Å². The Balaban J connectivity index is 1.48. The van der Waals surface area contributed by atoms with E-state index in [1.807, 2.05) is 0 Å². The number of fused-ring (bicyclic) bond motifs is 5. The predicted molar refractivity (Wildman–Crippen MR) is 161 cm³/mol. The third-order valence-corrected chi connectivity index (χ3v) is 13.6. The first-order chi connectivity index (χ1) is 18.8. The van der Waals surface area contributed by atoms with Crippen molar-refractivity contribution in [3.63, 3.8) is 0 Å². The third-order valence-electron chi connectivity index (χ3n) is 13.6. The van der Waals surface area contributed by atoms with Crippen molar-refractivity contribution in [2.45, 2.75) is 112 Å². The summed E-state index contributed by atoms with van der Waals surface area (Å²) in [6, 6.07) is 0. The van der Waals surface area contributed by atoms with E-state index in [9.17, 15) is 15.3 Å². The molecular weight excluding hydrogens is 496 g/mol. The number of nitrogens with zero attached hydrogens (tertiary/aromatic N) is 2. The van der Waals surface area contributed by atoms with Crippen molar-refractivity contribution < 1.29 is 15.3 Å². The fourth-order valence-corrected chi connectivity index (χ4v) is 10.4. The van der Waals surface area contributed by atoms with Gasteiger partial charge in [0.05, 0.1) is 0 Å². The van der Waals surface area contributed by atoms with E-state index in [0.717, 1.165) is 18.4 Å². The van der Waals surface area contributed by atoms with E-state index in [0.29, 0.717) is 36.2 Å². The van der Waals surface area contributed by atoms with Gasteiger partial charge in [0.2, 0.25) is 6.29 Å². The van der Waals surface area contributed by atoms with Gasteiger partial charge >= 0.3 is 0 Å². The minimum absolute atomic E-state index is 0.0460. The molecule has 5 heteroatoms. The molecule has 0 radical (unpaired) electrons. The summed E-state index contributed by atoms with van der Waals surface area (Å²) in [7, 11) is 0. The standard InChI is InChI=1S/C35H54N2O3/c1-22(2)26-14-16-35(21-38)18-17-34(7)28(29(26)35)12-11-25-9-8-10-27(24-19-36-30(31(39)40)37-20-24)32(4,5)23(3)13-15-33(25,34)6/h10,19-20,23,25-26,28-29,31,38-40H,1,8-9,11-18,21H2,2-7H3. The molecule has 5 rings (SSSR count). The molecule has 8 atom stereocenters. The van der Waals surface area contributed by atoms with Gasteiger partial charge in [0, 0.05) is 24.6 Å². The molecule has 0 bridgehead atoms. The van der Waals surface area contributed by atoms with E-state index >= 15 is 0 Å². The summed E-state index contributed by atoms with van der Waals surface area (Å²) in [6.07, 6.45) is 16.3. The second kappa shape index (κ2) is 10.6. The van der Waals surface area contributed by atoms with E-state index < -0.39 is 6.29 Å². The van der Waals surface area contributed by atoms with Crippen LogP contribution in [0, 0.1) is 51.2 Å². The number of aliphatic hydroxyl groups is 3. The maximum atomic E-state index is 10.8. The van der Waals surface area contributed by atoms with Gasteiger partial charge in [-0.1, -0.05) is 52.8 Å². The van der Waals surface area contributed by atoms with Crippen LogP contribution >= 0.6 is 0 Å². The zero-order chi connectivity index (χ0) is 29.1. The number of allylic oxidation sites excluding steroid dienone is 3. The van der Waals surface area contributed by atoms with Crippen molar-refractivity contribution in [3.05, 3.63) is 42.0 Å². The highest BCUT2D eigenvalue weighted by molar-refractivity contribution is 5.69. The Morgan fingerprint density at radius 2 is 1.65 bits per heavy atom. The largest absolute Gasteiger partial charge is 0.396 e. The van der Waals surface area contributed by atoms with Gasteiger partial charge in [0.1, 0.15) is 0 Å². The molecule has 8 unspecified atom stereocenters. The second-order valence-electron chi connectivity index (χ2n) is 15.3. The van der Waals surface area contributed by atoms with Crippen molar-refractivity contribution >= 4 is 5.57 Å². The molecule has 3 saturated carbocycles. The zero-order valence-corrected chi connectivity index (χ0v) is 25.9. The summed E-state index contributed by atoms with van der Waals surface area (Å²) in [5.74, 6) is 2.99. The molecule has 3 N–H and O–H groups in total. The third kappa shape index (κ3) is 4.54. The summed E-state index contributed by atoms with van der Waals surface area (Å²) in [6.45, 7) is 19.5. The van der Waals surface area contributed by atoms with Gasteiger partial charge in [-0.2, -0.15) is 0 Å². The van der Waals surface area contributed by atoms with Gasteiger partial charge in [-0.3, -0.25) is 0 Å². The molecule has 0 aromatic carbocycles. The van der Waals surface area contributed by atoms with Crippen LogP contribution in [0.4, 0.5) is 0 Å². The molecule has 5 nitrogen and oxygen atoms in total. The monoisotopic (exact) mass is 550 g/mol. The molecule has 1 aromatic rings. The zero-order valence-electron chi connectivity index (χ0n) is 25.9. The van der Waals surface area contributed by atoms with Gasteiger partial charge in [-0.05, 0) is 128 Å². The van der Waals surface area contributed by atoms with Crippen molar-refractivity contribution in [2.24, 2.45) is 51.2 Å². The molecule has 1 heterocycles. The van der Waals surface area contributed by atoms with Crippen LogP contribution in [0.15, 0.2) is 30.6 Å². The molecule has 0 saturated heterocycles. The number of hydrogen-bond acceptors (Lipinski definition) is 5. The molecule has 0 spiro atoms. The lowest BCUT2D eigenvalue weighted by molar-refractivity contribution is -0.177.